The van der Waals surface area contributed by atoms with Gasteiger partial charge in [0.1, 0.15) is 0 Å². The van der Waals surface area contributed by atoms with Gasteiger partial charge in [-0.15, -0.1) is 0 Å². The second kappa shape index (κ2) is 7.40. The second-order valence-corrected chi connectivity index (χ2v) is 9.31. The average Bonchev–Trinajstić information content (AvgIpc) is 3.37. The lowest BCUT2D eigenvalue weighted by atomic mass is 10.2. The summed E-state index contributed by atoms with van der Waals surface area (Å²) in [7, 11) is -3.65. The summed E-state index contributed by atoms with van der Waals surface area (Å²) in [6.07, 6.45) is 2.10. The van der Waals surface area contributed by atoms with Gasteiger partial charge in [-0.1, -0.05) is 23.2 Å². The Bertz CT molecular complexity index is 740. The molecule has 3 rings (SSSR count). The first-order valence-electron chi connectivity index (χ1n) is 8.28. The maximum atomic E-state index is 12.8. The summed E-state index contributed by atoms with van der Waals surface area (Å²) in [5, 5.41) is 3.56. The van der Waals surface area contributed by atoms with E-state index in [1.807, 2.05) is 11.8 Å². The molecule has 1 aromatic rings. The summed E-state index contributed by atoms with van der Waals surface area (Å²) in [5.41, 5.74) is 0. The zero-order valence-corrected chi connectivity index (χ0v) is 16.2. The number of carbonyl (C=O) groups is 1. The fourth-order valence-electron chi connectivity index (χ4n) is 2.87. The van der Waals surface area contributed by atoms with Gasteiger partial charge in [0.2, 0.25) is 15.9 Å². The molecule has 25 heavy (non-hydrogen) atoms. The first-order chi connectivity index (χ1) is 11.8. The van der Waals surface area contributed by atoms with E-state index in [9.17, 15) is 13.2 Å². The van der Waals surface area contributed by atoms with E-state index in [1.54, 1.807) is 0 Å². The Kier molecular flexibility index (Phi) is 5.60. The summed E-state index contributed by atoms with van der Waals surface area (Å²) < 4.78 is 26.9. The molecule has 0 aromatic heterocycles. The lowest BCUT2D eigenvalue weighted by Gasteiger charge is -2.36. The zero-order valence-electron chi connectivity index (χ0n) is 13.9. The van der Waals surface area contributed by atoms with Crippen LogP contribution in [0.2, 0.25) is 10.0 Å². The standard InChI is InChI=1S/C16H21Cl2N3O3S/c1-11(16(22)19-14-2-3-14)20-4-6-21(7-5-20)25(23,24)15-9-12(17)8-13(18)10-15/h8-11,14H,2-7H2,1H3,(H,19,22)/t11-/m0/s1. The third kappa shape index (κ3) is 4.46. The summed E-state index contributed by atoms with van der Waals surface area (Å²) >= 11 is 11.8. The summed E-state index contributed by atoms with van der Waals surface area (Å²) in [5.74, 6) is 0.0143. The van der Waals surface area contributed by atoms with E-state index in [4.69, 9.17) is 23.2 Å². The van der Waals surface area contributed by atoms with E-state index in [1.165, 1.54) is 22.5 Å². The zero-order chi connectivity index (χ0) is 18.2. The maximum Gasteiger partial charge on any atom is 0.243 e. The molecule has 1 aliphatic carbocycles. The number of benzene rings is 1. The van der Waals surface area contributed by atoms with Crippen molar-refractivity contribution in [2.45, 2.75) is 36.7 Å². The van der Waals surface area contributed by atoms with Crippen LogP contribution in [0.4, 0.5) is 0 Å². The smallest absolute Gasteiger partial charge is 0.243 e. The van der Waals surface area contributed by atoms with Crippen molar-refractivity contribution in [1.82, 2.24) is 14.5 Å². The normalized spacial score (nSPS) is 21.1. The molecule has 0 unspecified atom stereocenters. The van der Waals surface area contributed by atoms with Crippen molar-refractivity contribution < 1.29 is 13.2 Å². The fraction of sp³-hybridized carbons (Fsp3) is 0.562. The number of piperazine rings is 1. The number of nitrogens with zero attached hydrogens (tertiary/aromatic N) is 2. The maximum absolute atomic E-state index is 12.8. The fourth-order valence-corrected chi connectivity index (χ4v) is 5.02. The third-order valence-electron chi connectivity index (χ3n) is 4.60. The van der Waals surface area contributed by atoms with Crippen LogP contribution in [0.1, 0.15) is 19.8 Å². The lowest BCUT2D eigenvalue weighted by Crippen LogP contribution is -2.55. The Balaban J connectivity index is 1.63. The van der Waals surface area contributed by atoms with Crippen molar-refractivity contribution in [3.8, 4) is 0 Å². The number of halogens is 2. The summed E-state index contributed by atoms with van der Waals surface area (Å²) in [6.45, 7) is 3.53. The topological polar surface area (TPSA) is 69.7 Å². The Morgan fingerprint density at radius 2 is 1.68 bits per heavy atom. The van der Waals surface area contributed by atoms with Crippen LogP contribution in [0.25, 0.3) is 0 Å². The molecule has 1 N–H and O–H groups in total. The predicted molar refractivity (Wildman–Crippen MR) is 97.4 cm³/mol. The minimum atomic E-state index is -3.65. The Morgan fingerprint density at radius 1 is 1.12 bits per heavy atom. The first-order valence-corrected chi connectivity index (χ1v) is 10.5. The number of hydrogen-bond acceptors (Lipinski definition) is 4. The highest BCUT2D eigenvalue weighted by molar-refractivity contribution is 7.89. The first kappa shape index (κ1) is 18.9. The molecule has 1 saturated carbocycles. The van der Waals surface area contributed by atoms with E-state index >= 15 is 0 Å². The van der Waals surface area contributed by atoms with Crippen LogP contribution < -0.4 is 5.32 Å². The minimum Gasteiger partial charge on any atom is -0.352 e. The van der Waals surface area contributed by atoms with Gasteiger partial charge >= 0.3 is 0 Å². The second-order valence-electron chi connectivity index (χ2n) is 6.50. The molecule has 0 radical (unpaired) electrons. The summed E-state index contributed by atoms with van der Waals surface area (Å²) in [4.78, 5) is 14.3. The number of sulfonamides is 1. The molecule has 0 bridgehead atoms. The molecule has 0 spiro atoms. The lowest BCUT2D eigenvalue weighted by molar-refractivity contribution is -0.126. The van der Waals surface area contributed by atoms with Crippen molar-refractivity contribution in [3.05, 3.63) is 28.2 Å². The highest BCUT2D eigenvalue weighted by Gasteiger charge is 2.33. The molecule has 138 valence electrons. The van der Waals surface area contributed by atoms with Crippen LogP contribution in [-0.2, 0) is 14.8 Å². The van der Waals surface area contributed by atoms with Gasteiger partial charge in [-0.3, -0.25) is 9.69 Å². The van der Waals surface area contributed by atoms with Crippen molar-refractivity contribution in [2.75, 3.05) is 26.2 Å². The van der Waals surface area contributed by atoms with E-state index in [-0.39, 0.29) is 26.9 Å². The van der Waals surface area contributed by atoms with Gasteiger partial charge in [0, 0.05) is 42.3 Å². The number of hydrogen-bond donors (Lipinski definition) is 1. The van der Waals surface area contributed by atoms with Gasteiger partial charge in [0.05, 0.1) is 10.9 Å². The summed E-state index contributed by atoms with van der Waals surface area (Å²) in [6, 6.07) is 4.37. The Morgan fingerprint density at radius 3 is 2.20 bits per heavy atom. The van der Waals surface area contributed by atoms with Gasteiger partial charge in [-0.05, 0) is 38.0 Å². The molecule has 6 nitrogen and oxygen atoms in total. The van der Waals surface area contributed by atoms with Crippen molar-refractivity contribution in [3.63, 3.8) is 0 Å². The van der Waals surface area contributed by atoms with Crippen LogP contribution in [0.15, 0.2) is 23.1 Å². The van der Waals surface area contributed by atoms with Crippen molar-refractivity contribution in [2.24, 2.45) is 0 Å². The van der Waals surface area contributed by atoms with Crippen LogP contribution in [0.5, 0.6) is 0 Å². The van der Waals surface area contributed by atoms with Gasteiger partial charge < -0.3 is 5.32 Å². The van der Waals surface area contributed by atoms with E-state index in [0.29, 0.717) is 32.2 Å². The Hall–Kier alpha value is -0.860. The monoisotopic (exact) mass is 405 g/mol. The molecule has 9 heteroatoms. The van der Waals surface area contributed by atoms with Crippen LogP contribution >= 0.6 is 23.2 Å². The number of amides is 1. The molecular weight excluding hydrogens is 385 g/mol. The van der Waals surface area contributed by atoms with Gasteiger partial charge in [-0.25, -0.2) is 8.42 Å². The van der Waals surface area contributed by atoms with Crippen LogP contribution in [0, 0.1) is 0 Å². The van der Waals surface area contributed by atoms with Crippen LogP contribution in [-0.4, -0.2) is 61.8 Å². The van der Waals surface area contributed by atoms with E-state index < -0.39 is 10.0 Å². The molecule has 2 aliphatic rings. The molecule has 1 aliphatic heterocycles. The third-order valence-corrected chi connectivity index (χ3v) is 6.91. The number of rotatable bonds is 5. The molecule has 1 aromatic carbocycles. The molecule has 1 heterocycles. The predicted octanol–water partition coefficient (Wildman–Crippen LogP) is 1.97. The van der Waals surface area contributed by atoms with Crippen molar-refractivity contribution >= 4 is 39.1 Å². The van der Waals surface area contributed by atoms with Gasteiger partial charge in [0.25, 0.3) is 0 Å². The minimum absolute atomic E-state index is 0.0143. The number of carbonyl (C=O) groups excluding carboxylic acids is 1. The van der Waals surface area contributed by atoms with Crippen LogP contribution in [0.3, 0.4) is 0 Å². The largest absolute Gasteiger partial charge is 0.352 e. The molecule has 1 saturated heterocycles. The molecule has 1 amide bonds. The molecule has 2 fully saturated rings. The highest BCUT2D eigenvalue weighted by atomic mass is 35.5. The van der Waals surface area contributed by atoms with Crippen molar-refractivity contribution in [1.29, 1.82) is 0 Å². The highest BCUT2D eigenvalue weighted by Crippen LogP contribution is 2.26. The molecule has 1 atom stereocenters. The SMILES string of the molecule is C[C@@H](C(=O)NC1CC1)N1CCN(S(=O)(=O)c2cc(Cl)cc(Cl)c2)CC1. The Labute approximate surface area is 158 Å². The number of nitrogens with one attached hydrogen (secondary N) is 1. The van der Waals surface area contributed by atoms with E-state index in [0.717, 1.165) is 12.8 Å². The van der Waals surface area contributed by atoms with Gasteiger partial charge in [-0.2, -0.15) is 4.31 Å². The van der Waals surface area contributed by atoms with E-state index in [2.05, 4.69) is 5.32 Å². The quantitative estimate of drug-likeness (QED) is 0.812. The molecular formula is C16H21Cl2N3O3S. The average molecular weight is 406 g/mol. The van der Waals surface area contributed by atoms with Gasteiger partial charge in [0.15, 0.2) is 0 Å².